The molecule has 1 aliphatic rings. The first kappa shape index (κ1) is 21.1. The number of carbonyl (C=O) groups is 1. The molecule has 1 N–H and O–H groups in total. The van der Waals surface area contributed by atoms with Crippen molar-refractivity contribution in [2.75, 3.05) is 25.1 Å². The van der Waals surface area contributed by atoms with E-state index in [2.05, 4.69) is 10.3 Å². The molecule has 2 atom stereocenters. The van der Waals surface area contributed by atoms with Gasteiger partial charge < -0.3 is 19.7 Å². The number of methoxy groups -OCH3 is 1. The van der Waals surface area contributed by atoms with Gasteiger partial charge in [-0.15, -0.1) is 0 Å². The van der Waals surface area contributed by atoms with Gasteiger partial charge in [0.15, 0.2) is 0 Å². The molecule has 6 nitrogen and oxygen atoms in total. The van der Waals surface area contributed by atoms with Crippen LogP contribution in [0.1, 0.15) is 29.9 Å². The zero-order valence-corrected chi connectivity index (χ0v) is 17.9. The Morgan fingerprint density at radius 3 is 2.65 bits per heavy atom. The van der Waals surface area contributed by atoms with Crippen LogP contribution in [0.5, 0.6) is 5.88 Å². The third kappa shape index (κ3) is 4.61. The van der Waals surface area contributed by atoms with Gasteiger partial charge in [0.1, 0.15) is 11.5 Å². The summed E-state index contributed by atoms with van der Waals surface area (Å²) in [6.45, 7) is 5.46. The van der Waals surface area contributed by atoms with Crippen molar-refractivity contribution >= 4 is 22.4 Å². The van der Waals surface area contributed by atoms with E-state index >= 15 is 0 Å². The number of halogens is 1. The molecule has 0 unspecified atom stereocenters. The Balaban J connectivity index is 1.46. The van der Waals surface area contributed by atoms with Crippen molar-refractivity contribution in [3.05, 3.63) is 65.6 Å². The first-order chi connectivity index (χ1) is 14.9. The summed E-state index contributed by atoms with van der Waals surface area (Å²) in [5.74, 6) is -0.254. The van der Waals surface area contributed by atoms with Crippen LogP contribution < -0.4 is 15.0 Å². The predicted octanol–water partition coefficient (Wildman–Crippen LogP) is 3.93. The molecule has 162 valence electrons. The summed E-state index contributed by atoms with van der Waals surface area (Å²) in [5, 5.41) is 4.52. The minimum Gasteiger partial charge on any atom is -0.481 e. The van der Waals surface area contributed by atoms with Crippen molar-refractivity contribution in [1.29, 1.82) is 0 Å². The highest BCUT2D eigenvalue weighted by atomic mass is 19.1. The molecule has 1 fully saturated rings. The largest absolute Gasteiger partial charge is 0.481 e. The molecule has 4 rings (SSSR count). The van der Waals surface area contributed by atoms with E-state index in [0.29, 0.717) is 30.2 Å². The van der Waals surface area contributed by atoms with Gasteiger partial charge in [0.25, 0.3) is 5.91 Å². The van der Waals surface area contributed by atoms with E-state index in [9.17, 15) is 9.18 Å². The number of benzene rings is 2. The second-order valence-corrected chi connectivity index (χ2v) is 7.87. The molecular weight excluding hydrogens is 397 g/mol. The summed E-state index contributed by atoms with van der Waals surface area (Å²) in [6.07, 6.45) is 0.0992. The monoisotopic (exact) mass is 423 g/mol. The molecule has 0 spiro atoms. The lowest BCUT2D eigenvalue weighted by molar-refractivity contribution is -0.00539. The average molecular weight is 423 g/mol. The van der Waals surface area contributed by atoms with Crippen LogP contribution in [-0.2, 0) is 11.3 Å². The number of nitrogens with one attached hydrogen (secondary N) is 1. The number of hydrogen-bond donors (Lipinski definition) is 1. The Labute approximate surface area is 181 Å². The zero-order chi connectivity index (χ0) is 22.0. The lowest BCUT2D eigenvalue weighted by Crippen LogP contribution is -2.45. The van der Waals surface area contributed by atoms with Crippen LogP contribution in [0.25, 0.3) is 10.8 Å². The van der Waals surface area contributed by atoms with E-state index < -0.39 is 0 Å². The van der Waals surface area contributed by atoms with E-state index in [0.717, 1.165) is 10.8 Å². The molecule has 1 aromatic heterocycles. The fourth-order valence-corrected chi connectivity index (χ4v) is 4.00. The van der Waals surface area contributed by atoms with Crippen molar-refractivity contribution < 1.29 is 18.7 Å². The molecule has 2 heterocycles. The molecule has 2 aromatic carbocycles. The summed E-state index contributed by atoms with van der Waals surface area (Å²) >= 11 is 0. The molecule has 0 bridgehead atoms. The number of fused-ring (bicyclic) bond motifs is 1. The van der Waals surface area contributed by atoms with Gasteiger partial charge in [0.2, 0.25) is 5.88 Å². The van der Waals surface area contributed by atoms with Gasteiger partial charge in [-0.05, 0) is 49.1 Å². The molecule has 31 heavy (non-hydrogen) atoms. The highest BCUT2D eigenvalue weighted by Gasteiger charge is 2.24. The first-order valence-electron chi connectivity index (χ1n) is 10.4. The number of amides is 1. The standard InChI is InChI=1S/C24H26FN3O3/c1-15-13-28(14-16(2)31-15)22-9-8-17(10-20(22)25)12-26-23(29)21-11-18-6-4-5-7-19(18)24(27-21)30-3/h4-11,15-16H,12-14H2,1-3H3,(H,26,29)/t15-,16-/m0/s1. The van der Waals surface area contributed by atoms with Crippen LogP contribution in [0.4, 0.5) is 10.1 Å². The highest BCUT2D eigenvalue weighted by molar-refractivity contribution is 5.98. The third-order valence-corrected chi connectivity index (χ3v) is 5.36. The highest BCUT2D eigenvalue weighted by Crippen LogP contribution is 2.26. The first-order valence-corrected chi connectivity index (χ1v) is 10.4. The van der Waals surface area contributed by atoms with Crippen LogP contribution >= 0.6 is 0 Å². The van der Waals surface area contributed by atoms with Crippen LogP contribution in [-0.4, -0.2) is 43.3 Å². The van der Waals surface area contributed by atoms with Gasteiger partial charge in [-0.1, -0.05) is 24.3 Å². The number of pyridine rings is 1. The number of rotatable bonds is 5. The number of hydrogen-bond acceptors (Lipinski definition) is 5. The van der Waals surface area contributed by atoms with E-state index in [1.807, 2.05) is 49.1 Å². The molecule has 0 saturated carbocycles. The predicted molar refractivity (Wildman–Crippen MR) is 118 cm³/mol. The number of aromatic nitrogens is 1. The Morgan fingerprint density at radius 1 is 1.19 bits per heavy atom. The molecule has 7 heteroatoms. The van der Waals surface area contributed by atoms with Gasteiger partial charge in [0, 0.05) is 25.0 Å². The van der Waals surface area contributed by atoms with E-state index in [-0.39, 0.29) is 36.2 Å². The summed E-state index contributed by atoms with van der Waals surface area (Å²) in [7, 11) is 1.52. The molecule has 0 aliphatic carbocycles. The van der Waals surface area contributed by atoms with Gasteiger partial charge in [-0.25, -0.2) is 9.37 Å². The van der Waals surface area contributed by atoms with Crippen molar-refractivity contribution in [2.45, 2.75) is 32.6 Å². The maximum absolute atomic E-state index is 14.8. The molecule has 1 aliphatic heterocycles. The number of carbonyl (C=O) groups excluding carboxylic acids is 1. The number of nitrogens with zero attached hydrogens (tertiary/aromatic N) is 2. The molecule has 3 aromatic rings. The summed E-state index contributed by atoms with van der Waals surface area (Å²) in [4.78, 5) is 19.0. The average Bonchev–Trinajstić information content (AvgIpc) is 2.76. The van der Waals surface area contributed by atoms with E-state index in [1.54, 1.807) is 12.1 Å². The van der Waals surface area contributed by atoms with E-state index in [4.69, 9.17) is 9.47 Å². The Hall–Kier alpha value is -3.19. The minimum absolute atomic E-state index is 0.0496. The maximum atomic E-state index is 14.8. The van der Waals surface area contributed by atoms with Crippen molar-refractivity contribution in [2.24, 2.45) is 0 Å². The maximum Gasteiger partial charge on any atom is 0.270 e. The Kier molecular flexibility index (Phi) is 6.04. The van der Waals surface area contributed by atoms with Gasteiger partial charge in [-0.2, -0.15) is 0 Å². The van der Waals surface area contributed by atoms with Crippen molar-refractivity contribution in [1.82, 2.24) is 10.3 Å². The quantitative estimate of drug-likeness (QED) is 0.674. The fourth-order valence-electron chi connectivity index (χ4n) is 4.00. The number of morpholine rings is 1. The van der Waals surface area contributed by atoms with Gasteiger partial charge >= 0.3 is 0 Å². The molecule has 1 amide bonds. The second-order valence-electron chi connectivity index (χ2n) is 7.87. The number of anilines is 1. The van der Waals surface area contributed by atoms with Crippen molar-refractivity contribution in [3.63, 3.8) is 0 Å². The van der Waals surface area contributed by atoms with E-state index in [1.165, 1.54) is 13.2 Å². The smallest absolute Gasteiger partial charge is 0.270 e. The lowest BCUT2D eigenvalue weighted by atomic mass is 10.1. The topological polar surface area (TPSA) is 63.7 Å². The Bertz CT molecular complexity index is 1090. The normalized spacial score (nSPS) is 18.8. The molecule has 0 radical (unpaired) electrons. The van der Waals surface area contributed by atoms with Crippen LogP contribution in [0.2, 0.25) is 0 Å². The summed E-state index contributed by atoms with van der Waals surface area (Å²) < 4.78 is 25.8. The molecular formula is C24H26FN3O3. The summed E-state index contributed by atoms with van der Waals surface area (Å²) in [6, 6.07) is 14.4. The zero-order valence-electron chi connectivity index (χ0n) is 17.9. The van der Waals surface area contributed by atoms with Crippen LogP contribution in [0, 0.1) is 5.82 Å². The Morgan fingerprint density at radius 2 is 1.94 bits per heavy atom. The lowest BCUT2D eigenvalue weighted by Gasteiger charge is -2.37. The van der Waals surface area contributed by atoms with Crippen LogP contribution in [0.3, 0.4) is 0 Å². The number of ether oxygens (including phenoxy) is 2. The van der Waals surface area contributed by atoms with Gasteiger partial charge in [-0.3, -0.25) is 4.79 Å². The molecule has 1 saturated heterocycles. The SMILES string of the molecule is COc1nc(C(=O)NCc2ccc(N3C[C@H](C)O[C@@H](C)C3)c(F)c2)cc2ccccc12. The minimum atomic E-state index is -0.343. The fraction of sp³-hybridized carbons (Fsp3) is 0.333. The third-order valence-electron chi connectivity index (χ3n) is 5.36. The van der Waals surface area contributed by atoms with Crippen molar-refractivity contribution in [3.8, 4) is 5.88 Å². The second kappa shape index (κ2) is 8.89. The van der Waals surface area contributed by atoms with Gasteiger partial charge in [0.05, 0.1) is 25.0 Å². The summed E-state index contributed by atoms with van der Waals surface area (Å²) in [5.41, 5.74) is 1.48. The van der Waals surface area contributed by atoms with Crippen LogP contribution in [0.15, 0.2) is 48.5 Å².